The first-order valence-corrected chi connectivity index (χ1v) is 2.14. The number of H-pyrrole nitrogens is 1. The summed E-state index contributed by atoms with van der Waals surface area (Å²) in [7, 11) is 0. The molecule has 46 valence electrons. The van der Waals surface area contributed by atoms with Crippen LogP contribution in [0.1, 0.15) is 0 Å². The molecule has 7 heteroatoms. The third-order valence-corrected chi connectivity index (χ3v) is 0.858. The van der Waals surface area contributed by atoms with Gasteiger partial charge in [-0.2, -0.15) is 0 Å². The smallest absolute Gasteiger partial charge is 0.315 e. The molecule has 7 nitrogen and oxygen atoms in total. The van der Waals surface area contributed by atoms with Crippen molar-refractivity contribution in [1.82, 2.24) is 20.5 Å². The molecule has 0 bridgehead atoms. The van der Waals surface area contributed by atoms with Crippen molar-refractivity contribution >= 4 is 11.3 Å². The zero-order valence-corrected chi connectivity index (χ0v) is 4.11. The number of hydrogen-bond donors (Lipinski definition) is 1. The number of hydrogen-bond acceptors (Lipinski definition) is 5. The Kier molecular flexibility index (Phi) is 0.560. The van der Waals surface area contributed by atoms with E-state index in [1.807, 2.05) is 0 Å². The molecule has 0 saturated heterocycles. The number of fused-ring (bicyclic) bond motifs is 1. The summed E-state index contributed by atoms with van der Waals surface area (Å²) >= 11 is 0. The molecule has 0 radical (unpaired) electrons. The van der Waals surface area contributed by atoms with Crippen molar-refractivity contribution in [2.24, 2.45) is 0 Å². The van der Waals surface area contributed by atoms with Crippen LogP contribution in [0.5, 0.6) is 0 Å². The average Bonchev–Trinajstić information content (AvgIpc) is 2.22. The first-order chi connectivity index (χ1) is 4.36. The molecule has 0 atom stereocenters. The lowest BCUT2D eigenvalue weighted by molar-refractivity contribution is -0.720. The molecule has 2 heterocycles. The maximum atomic E-state index is 10.3. The number of aromatic amines is 1. The molecular formula is C2HN5O2. The third kappa shape index (κ3) is 0.447. The quantitative estimate of drug-likeness (QED) is 0.346. The largest absolute Gasteiger partial charge is 0.571 e. The lowest BCUT2D eigenvalue weighted by Crippen LogP contribution is -2.30. The monoisotopic (exact) mass is 127 g/mol. The van der Waals surface area contributed by atoms with Gasteiger partial charge in [-0.1, -0.05) is 0 Å². The van der Waals surface area contributed by atoms with Gasteiger partial charge in [-0.15, -0.1) is 5.10 Å². The number of nitrogens with zero attached hydrogens (tertiary/aromatic N) is 4. The highest BCUT2D eigenvalue weighted by Gasteiger charge is 2.08. The topological polar surface area (TPSA) is 94.5 Å². The van der Waals surface area contributed by atoms with E-state index in [0.717, 1.165) is 0 Å². The molecule has 2 rings (SSSR count). The van der Waals surface area contributed by atoms with E-state index in [1.165, 1.54) is 0 Å². The predicted octanol–water partition coefficient (Wildman–Crippen LogP) is -1.42. The van der Waals surface area contributed by atoms with Crippen LogP contribution >= 0.6 is 0 Å². The Morgan fingerprint density at radius 1 is 1.56 bits per heavy atom. The molecule has 0 amide bonds. The summed E-state index contributed by atoms with van der Waals surface area (Å²) in [5.74, 6) is 0. The van der Waals surface area contributed by atoms with Crippen molar-refractivity contribution in [1.29, 1.82) is 0 Å². The summed E-state index contributed by atoms with van der Waals surface area (Å²) in [4.78, 5) is 0.264. The van der Waals surface area contributed by atoms with Crippen LogP contribution in [0.3, 0.4) is 0 Å². The van der Waals surface area contributed by atoms with E-state index < -0.39 is 0 Å². The van der Waals surface area contributed by atoms with Crippen molar-refractivity contribution < 1.29 is 9.59 Å². The van der Waals surface area contributed by atoms with Crippen LogP contribution in [-0.2, 0) is 0 Å². The van der Waals surface area contributed by atoms with E-state index in [-0.39, 0.29) is 16.3 Å². The van der Waals surface area contributed by atoms with E-state index in [9.17, 15) is 5.21 Å². The van der Waals surface area contributed by atoms with Gasteiger partial charge in [0.2, 0.25) is 0 Å². The lowest BCUT2D eigenvalue weighted by Gasteiger charge is -1.75. The third-order valence-electron chi connectivity index (χ3n) is 0.858. The molecule has 0 spiro atoms. The highest BCUT2D eigenvalue weighted by Crippen LogP contribution is 1.94. The molecule has 0 aliphatic heterocycles. The zero-order chi connectivity index (χ0) is 6.27. The second-order valence-electron chi connectivity index (χ2n) is 1.42. The van der Waals surface area contributed by atoms with Crippen LogP contribution in [0.25, 0.3) is 11.3 Å². The average molecular weight is 127 g/mol. The van der Waals surface area contributed by atoms with Crippen LogP contribution in [0.2, 0.25) is 0 Å². The Morgan fingerprint density at radius 2 is 2.44 bits per heavy atom. The van der Waals surface area contributed by atoms with Crippen molar-refractivity contribution in [2.75, 3.05) is 0 Å². The Balaban J connectivity index is 2.92. The minimum atomic E-state index is 0.185. The van der Waals surface area contributed by atoms with E-state index in [0.29, 0.717) is 0 Å². The fourth-order valence-corrected chi connectivity index (χ4v) is 0.522. The molecule has 2 aromatic heterocycles. The van der Waals surface area contributed by atoms with Gasteiger partial charge in [-0.05, 0) is 10.3 Å². The minimum Gasteiger partial charge on any atom is -0.571 e. The van der Waals surface area contributed by atoms with Crippen LogP contribution < -0.4 is 4.96 Å². The highest BCUT2D eigenvalue weighted by atomic mass is 16.6. The van der Waals surface area contributed by atoms with Gasteiger partial charge in [0.1, 0.15) is 0 Å². The fourth-order valence-electron chi connectivity index (χ4n) is 0.522. The van der Waals surface area contributed by atoms with E-state index in [1.54, 1.807) is 0 Å². The van der Waals surface area contributed by atoms with Crippen molar-refractivity contribution in [3.05, 3.63) is 5.21 Å². The van der Waals surface area contributed by atoms with Gasteiger partial charge in [0.25, 0.3) is 5.65 Å². The van der Waals surface area contributed by atoms with Gasteiger partial charge in [-0.25, -0.2) is 4.63 Å². The standard InChI is InChI=1S/C2HN5O2/c8-7-3-1-2(4-7)6-9-5-1/h(H,3,4,5,6). The van der Waals surface area contributed by atoms with Gasteiger partial charge in [-0.3, -0.25) is 0 Å². The first-order valence-electron chi connectivity index (χ1n) is 2.14. The molecular weight excluding hydrogens is 126 g/mol. The van der Waals surface area contributed by atoms with E-state index >= 15 is 0 Å². The SMILES string of the molecule is [O-][n+]1nc2nonc2[nH]1. The van der Waals surface area contributed by atoms with Crippen molar-refractivity contribution in [2.45, 2.75) is 0 Å². The molecule has 0 unspecified atom stereocenters. The zero-order valence-electron chi connectivity index (χ0n) is 4.11. The molecule has 2 aromatic rings. The molecule has 0 saturated carbocycles. The van der Waals surface area contributed by atoms with Crippen LogP contribution in [0, 0.1) is 5.21 Å². The molecule has 9 heavy (non-hydrogen) atoms. The number of rotatable bonds is 0. The van der Waals surface area contributed by atoms with Gasteiger partial charge >= 0.3 is 5.65 Å². The lowest BCUT2D eigenvalue weighted by atomic mass is 10.8. The van der Waals surface area contributed by atoms with Gasteiger partial charge < -0.3 is 5.21 Å². The highest BCUT2D eigenvalue weighted by molar-refractivity contribution is 5.59. The van der Waals surface area contributed by atoms with Crippen LogP contribution in [0.4, 0.5) is 0 Å². The van der Waals surface area contributed by atoms with Crippen LogP contribution in [0.15, 0.2) is 4.63 Å². The summed E-state index contributed by atoms with van der Waals surface area (Å²) < 4.78 is 4.21. The van der Waals surface area contributed by atoms with Gasteiger partial charge in [0.05, 0.1) is 5.10 Å². The second kappa shape index (κ2) is 1.19. The maximum Gasteiger partial charge on any atom is 0.315 e. The molecule has 0 aromatic carbocycles. The predicted molar refractivity (Wildman–Crippen MR) is 22.9 cm³/mol. The summed E-state index contributed by atoms with van der Waals surface area (Å²) in [5.41, 5.74) is 0.440. The van der Waals surface area contributed by atoms with E-state index in [4.69, 9.17) is 0 Å². The molecule has 0 aliphatic rings. The van der Waals surface area contributed by atoms with Gasteiger partial charge in [0.15, 0.2) is 0 Å². The second-order valence-corrected chi connectivity index (χ2v) is 1.42. The number of nitrogens with one attached hydrogen (secondary N) is 1. The van der Waals surface area contributed by atoms with E-state index in [2.05, 4.69) is 25.1 Å². The minimum absolute atomic E-state index is 0.185. The normalized spacial score (nSPS) is 10.7. The first kappa shape index (κ1) is 4.24. The Hall–Kier alpha value is -1.66. The van der Waals surface area contributed by atoms with Crippen molar-refractivity contribution in [3.8, 4) is 0 Å². The van der Waals surface area contributed by atoms with Crippen molar-refractivity contribution in [3.63, 3.8) is 0 Å². The fraction of sp³-hybridized carbons (Fsp3) is 0. The Bertz CT molecular complexity index is 294. The Labute approximate surface area is 47.8 Å². The van der Waals surface area contributed by atoms with Gasteiger partial charge in [0, 0.05) is 4.96 Å². The summed E-state index contributed by atoms with van der Waals surface area (Å²) in [5, 5.41) is 22.4. The Morgan fingerprint density at radius 3 is 3.22 bits per heavy atom. The number of aromatic nitrogens is 5. The van der Waals surface area contributed by atoms with Crippen LogP contribution in [-0.4, -0.2) is 20.5 Å². The summed E-state index contributed by atoms with van der Waals surface area (Å²) in [6.07, 6.45) is 0. The summed E-state index contributed by atoms with van der Waals surface area (Å²) in [6, 6.07) is 0. The molecule has 0 fully saturated rings. The summed E-state index contributed by atoms with van der Waals surface area (Å²) in [6.45, 7) is 0. The molecule has 0 aliphatic carbocycles. The maximum absolute atomic E-state index is 10.3. The molecule has 1 N–H and O–H groups in total.